The van der Waals surface area contributed by atoms with Crippen LogP contribution in [-0.2, 0) is 0 Å². The molecule has 0 fully saturated rings. The number of nitro benzene ring substituents is 1. The van der Waals surface area contributed by atoms with Gasteiger partial charge in [-0.1, -0.05) is 6.07 Å². The lowest BCUT2D eigenvalue weighted by Gasteiger charge is -2.10. The van der Waals surface area contributed by atoms with E-state index in [-0.39, 0.29) is 22.6 Å². The molecule has 0 saturated heterocycles. The first-order chi connectivity index (χ1) is 11.1. The fourth-order valence-electron chi connectivity index (χ4n) is 2.01. The van der Waals surface area contributed by atoms with Gasteiger partial charge in [0.2, 0.25) is 0 Å². The molecule has 0 atom stereocenters. The van der Waals surface area contributed by atoms with E-state index in [0.29, 0.717) is 11.4 Å². The van der Waals surface area contributed by atoms with Gasteiger partial charge in [0.1, 0.15) is 6.07 Å². The number of hydrogen-bond acceptors (Lipinski definition) is 6. The van der Waals surface area contributed by atoms with Crippen LogP contribution in [0.1, 0.15) is 11.3 Å². The van der Waals surface area contributed by atoms with Crippen LogP contribution >= 0.6 is 0 Å². The zero-order chi connectivity index (χ0) is 16.8. The van der Waals surface area contributed by atoms with Crippen LogP contribution in [0.2, 0.25) is 0 Å². The van der Waals surface area contributed by atoms with Gasteiger partial charge in [-0.2, -0.15) is 5.26 Å². The zero-order valence-corrected chi connectivity index (χ0v) is 12.5. The summed E-state index contributed by atoms with van der Waals surface area (Å²) in [6.07, 6.45) is 3.05. The van der Waals surface area contributed by atoms with Crippen molar-refractivity contribution in [3.63, 3.8) is 0 Å². The molecule has 2 rings (SSSR count). The Morgan fingerprint density at radius 1 is 1.30 bits per heavy atom. The van der Waals surface area contributed by atoms with Gasteiger partial charge < -0.3 is 9.47 Å². The van der Waals surface area contributed by atoms with Gasteiger partial charge in [-0.3, -0.25) is 15.1 Å². The lowest BCUT2D eigenvalue weighted by Crippen LogP contribution is -1.99. The fraction of sp³-hybridized carbons (Fsp3) is 0.125. The van der Waals surface area contributed by atoms with Crippen molar-refractivity contribution in [3.8, 4) is 17.6 Å². The van der Waals surface area contributed by atoms with E-state index in [9.17, 15) is 15.4 Å². The van der Waals surface area contributed by atoms with E-state index in [2.05, 4.69) is 4.98 Å². The van der Waals surface area contributed by atoms with E-state index >= 15 is 0 Å². The molecular formula is C16H13N3O4. The van der Waals surface area contributed by atoms with Crippen molar-refractivity contribution in [3.05, 3.63) is 57.9 Å². The fourth-order valence-corrected chi connectivity index (χ4v) is 2.01. The zero-order valence-electron chi connectivity index (χ0n) is 12.5. The molecule has 23 heavy (non-hydrogen) atoms. The number of nitrogens with zero attached hydrogens (tertiary/aromatic N) is 3. The quantitative estimate of drug-likeness (QED) is 0.478. The Morgan fingerprint density at radius 3 is 2.52 bits per heavy atom. The predicted octanol–water partition coefficient (Wildman–Crippen LogP) is 3.07. The van der Waals surface area contributed by atoms with Crippen LogP contribution in [0.4, 0.5) is 5.69 Å². The van der Waals surface area contributed by atoms with E-state index in [1.54, 1.807) is 24.4 Å². The molecule has 2 aromatic rings. The van der Waals surface area contributed by atoms with Crippen molar-refractivity contribution in [2.24, 2.45) is 0 Å². The largest absolute Gasteiger partial charge is 0.493 e. The van der Waals surface area contributed by atoms with Crippen molar-refractivity contribution in [1.82, 2.24) is 4.98 Å². The van der Waals surface area contributed by atoms with Crippen molar-refractivity contribution in [1.29, 1.82) is 5.26 Å². The number of nitriles is 1. The molecular weight excluding hydrogens is 298 g/mol. The van der Waals surface area contributed by atoms with Crippen molar-refractivity contribution < 1.29 is 14.4 Å². The van der Waals surface area contributed by atoms with Crippen molar-refractivity contribution >= 4 is 17.3 Å². The number of benzene rings is 1. The number of ether oxygens (including phenoxy) is 2. The average molecular weight is 311 g/mol. The first kappa shape index (κ1) is 16.0. The number of nitro groups is 1. The van der Waals surface area contributed by atoms with Gasteiger partial charge in [0.15, 0.2) is 11.5 Å². The Labute approximate surface area is 132 Å². The summed E-state index contributed by atoms with van der Waals surface area (Å²) < 4.78 is 10.2. The molecule has 0 bridgehead atoms. The van der Waals surface area contributed by atoms with Crippen LogP contribution in [0.3, 0.4) is 0 Å². The summed E-state index contributed by atoms with van der Waals surface area (Å²) in [7, 11) is 2.80. The summed E-state index contributed by atoms with van der Waals surface area (Å²) in [5.41, 5.74) is 0.525. The Hall–Kier alpha value is -3.40. The lowest BCUT2D eigenvalue weighted by atomic mass is 10.0. The second kappa shape index (κ2) is 7.04. The maximum Gasteiger partial charge on any atom is 0.281 e. The molecule has 1 heterocycles. The highest BCUT2D eigenvalue weighted by Gasteiger charge is 2.22. The van der Waals surface area contributed by atoms with E-state index < -0.39 is 4.92 Å². The number of pyridine rings is 1. The molecule has 0 saturated carbocycles. The van der Waals surface area contributed by atoms with Crippen LogP contribution in [-0.4, -0.2) is 24.1 Å². The molecule has 0 unspecified atom stereocenters. The van der Waals surface area contributed by atoms with E-state index in [0.717, 1.165) is 0 Å². The molecule has 7 nitrogen and oxygen atoms in total. The molecule has 0 amide bonds. The highest BCUT2D eigenvalue weighted by Crippen LogP contribution is 2.37. The number of aromatic nitrogens is 1. The minimum absolute atomic E-state index is 0.108. The molecule has 116 valence electrons. The van der Waals surface area contributed by atoms with E-state index in [4.69, 9.17) is 9.47 Å². The summed E-state index contributed by atoms with van der Waals surface area (Å²) in [5.74, 6) is 0.522. The van der Waals surface area contributed by atoms with Gasteiger partial charge in [0, 0.05) is 6.20 Å². The van der Waals surface area contributed by atoms with E-state index in [1.807, 2.05) is 6.07 Å². The first-order valence-electron chi connectivity index (χ1n) is 6.54. The van der Waals surface area contributed by atoms with Crippen LogP contribution in [0.5, 0.6) is 11.5 Å². The molecule has 0 N–H and O–H groups in total. The highest BCUT2D eigenvalue weighted by molar-refractivity contribution is 5.92. The number of hydrogen-bond donors (Lipinski definition) is 0. The predicted molar refractivity (Wildman–Crippen MR) is 83.9 cm³/mol. The monoisotopic (exact) mass is 311 g/mol. The Kier molecular flexibility index (Phi) is 4.89. The molecule has 0 radical (unpaired) electrons. The molecule has 1 aromatic heterocycles. The minimum Gasteiger partial charge on any atom is -0.493 e. The van der Waals surface area contributed by atoms with E-state index in [1.165, 1.54) is 32.4 Å². The van der Waals surface area contributed by atoms with Crippen LogP contribution in [0.25, 0.3) is 11.6 Å². The number of rotatable bonds is 5. The van der Waals surface area contributed by atoms with Gasteiger partial charge in [0.25, 0.3) is 5.69 Å². The first-order valence-corrected chi connectivity index (χ1v) is 6.54. The van der Waals surface area contributed by atoms with Crippen LogP contribution in [0.15, 0.2) is 36.5 Å². The molecule has 0 aliphatic rings. The third kappa shape index (κ3) is 3.44. The SMILES string of the molecule is COc1cc(C(C#N)=Cc2ccccn2)c([N+](=O)[O-])cc1OC. The lowest BCUT2D eigenvalue weighted by molar-refractivity contribution is -0.385. The van der Waals surface area contributed by atoms with Gasteiger partial charge in [0.05, 0.1) is 42.0 Å². The van der Waals surface area contributed by atoms with Crippen LogP contribution in [0, 0.1) is 21.4 Å². The third-order valence-electron chi connectivity index (χ3n) is 3.09. The maximum absolute atomic E-state index is 11.3. The third-order valence-corrected chi connectivity index (χ3v) is 3.09. The molecule has 7 heteroatoms. The minimum atomic E-state index is -0.569. The molecule has 0 spiro atoms. The standard InChI is InChI=1S/C16H13N3O4/c1-22-15-8-13(14(19(20)21)9-16(15)23-2)11(10-17)7-12-5-3-4-6-18-12/h3-9H,1-2H3. The molecule has 0 aliphatic heterocycles. The summed E-state index contributed by atoms with van der Waals surface area (Å²) in [6, 6.07) is 9.81. The summed E-state index contributed by atoms with van der Waals surface area (Å²) in [5, 5.41) is 20.7. The Morgan fingerprint density at radius 2 is 2.00 bits per heavy atom. The highest BCUT2D eigenvalue weighted by atomic mass is 16.6. The number of allylic oxidation sites excluding steroid dienone is 1. The number of methoxy groups -OCH3 is 2. The maximum atomic E-state index is 11.3. The van der Waals surface area contributed by atoms with Gasteiger partial charge in [-0.25, -0.2) is 0 Å². The Bertz CT molecular complexity index is 795. The second-order valence-corrected chi connectivity index (χ2v) is 4.41. The average Bonchev–Trinajstić information content (AvgIpc) is 2.59. The molecule has 1 aromatic carbocycles. The van der Waals surface area contributed by atoms with Gasteiger partial charge in [-0.05, 0) is 24.3 Å². The summed E-state index contributed by atoms with van der Waals surface area (Å²) in [6.45, 7) is 0. The summed E-state index contributed by atoms with van der Waals surface area (Å²) in [4.78, 5) is 14.8. The Balaban J connectivity index is 2.66. The normalized spacial score (nSPS) is 10.7. The van der Waals surface area contributed by atoms with Crippen molar-refractivity contribution in [2.75, 3.05) is 14.2 Å². The topological polar surface area (TPSA) is 98.3 Å². The molecule has 0 aliphatic carbocycles. The summed E-state index contributed by atoms with van der Waals surface area (Å²) >= 11 is 0. The van der Waals surface area contributed by atoms with Gasteiger partial charge >= 0.3 is 0 Å². The van der Waals surface area contributed by atoms with Crippen molar-refractivity contribution in [2.45, 2.75) is 0 Å². The smallest absolute Gasteiger partial charge is 0.281 e. The van der Waals surface area contributed by atoms with Gasteiger partial charge in [-0.15, -0.1) is 0 Å². The second-order valence-electron chi connectivity index (χ2n) is 4.41. The van der Waals surface area contributed by atoms with Crippen LogP contribution < -0.4 is 9.47 Å².